The molecule has 2 aliphatic rings. The average Bonchev–Trinajstić information content (AvgIpc) is 2.17. The van der Waals surface area contributed by atoms with E-state index in [9.17, 15) is 0 Å². The van der Waals surface area contributed by atoms with Gasteiger partial charge in [0.1, 0.15) is 0 Å². The number of fused-ring (bicyclic) bond motifs is 1. The van der Waals surface area contributed by atoms with Crippen LogP contribution in [-0.2, 0) is 0 Å². The molecule has 0 radical (unpaired) electrons. The maximum atomic E-state index is 9.08. The fourth-order valence-corrected chi connectivity index (χ4v) is 3.14. The lowest BCUT2D eigenvalue weighted by atomic mass is 9.68. The lowest BCUT2D eigenvalue weighted by Crippen LogP contribution is -2.28. The summed E-state index contributed by atoms with van der Waals surface area (Å²) in [6.07, 6.45) is 9.84. The summed E-state index contributed by atoms with van der Waals surface area (Å²) in [5, 5.41) is 9.08. The Labute approximate surface area is 75.2 Å². The van der Waals surface area contributed by atoms with Gasteiger partial charge in [0.15, 0.2) is 0 Å². The van der Waals surface area contributed by atoms with Crippen LogP contribution in [0, 0.1) is 17.8 Å². The van der Waals surface area contributed by atoms with Crippen molar-refractivity contribution >= 4 is 0 Å². The maximum Gasteiger partial charge on any atom is 0.0459 e. The average molecular weight is 168 g/mol. The SMILES string of the molecule is OC[C@@H]1CC[C@H]2CCCC[C@H]2C1. The van der Waals surface area contributed by atoms with Crippen molar-refractivity contribution in [1.29, 1.82) is 0 Å². The van der Waals surface area contributed by atoms with Gasteiger partial charge in [0.05, 0.1) is 0 Å². The minimum absolute atomic E-state index is 0.434. The van der Waals surface area contributed by atoms with E-state index in [4.69, 9.17) is 5.11 Å². The van der Waals surface area contributed by atoms with Crippen molar-refractivity contribution in [3.8, 4) is 0 Å². The third-order valence-corrected chi connectivity index (χ3v) is 3.91. The minimum atomic E-state index is 0.434. The van der Waals surface area contributed by atoms with E-state index in [2.05, 4.69) is 0 Å². The van der Waals surface area contributed by atoms with Crippen molar-refractivity contribution < 1.29 is 5.11 Å². The van der Waals surface area contributed by atoms with Crippen LogP contribution < -0.4 is 0 Å². The summed E-state index contributed by atoms with van der Waals surface area (Å²) in [6.45, 7) is 0.434. The van der Waals surface area contributed by atoms with Crippen molar-refractivity contribution in [1.82, 2.24) is 0 Å². The summed E-state index contributed by atoms with van der Waals surface area (Å²) in [5.74, 6) is 2.65. The molecule has 0 bridgehead atoms. The first kappa shape index (κ1) is 8.55. The summed E-state index contributed by atoms with van der Waals surface area (Å²) in [7, 11) is 0. The molecule has 0 saturated heterocycles. The van der Waals surface area contributed by atoms with Gasteiger partial charge in [-0.2, -0.15) is 0 Å². The molecule has 1 heteroatoms. The lowest BCUT2D eigenvalue weighted by Gasteiger charge is -2.38. The summed E-state index contributed by atoms with van der Waals surface area (Å²) < 4.78 is 0. The molecule has 2 aliphatic carbocycles. The predicted octanol–water partition coefficient (Wildman–Crippen LogP) is 2.59. The first-order valence-corrected chi connectivity index (χ1v) is 5.51. The largest absolute Gasteiger partial charge is 0.396 e. The van der Waals surface area contributed by atoms with Gasteiger partial charge in [0.2, 0.25) is 0 Å². The summed E-state index contributed by atoms with van der Waals surface area (Å²) in [6, 6.07) is 0. The highest BCUT2D eigenvalue weighted by atomic mass is 16.3. The molecule has 0 amide bonds. The molecular formula is C11H20O. The van der Waals surface area contributed by atoms with Crippen molar-refractivity contribution in [3.05, 3.63) is 0 Å². The van der Waals surface area contributed by atoms with Gasteiger partial charge in [-0.25, -0.2) is 0 Å². The Morgan fingerprint density at radius 2 is 1.67 bits per heavy atom. The van der Waals surface area contributed by atoms with E-state index in [1.165, 1.54) is 44.9 Å². The molecule has 2 rings (SSSR count). The molecule has 0 aromatic carbocycles. The fourth-order valence-electron chi connectivity index (χ4n) is 3.14. The maximum absolute atomic E-state index is 9.08. The van der Waals surface area contributed by atoms with E-state index >= 15 is 0 Å². The molecule has 1 nitrogen and oxygen atoms in total. The molecular weight excluding hydrogens is 148 g/mol. The van der Waals surface area contributed by atoms with Crippen LogP contribution >= 0.6 is 0 Å². The fraction of sp³-hybridized carbons (Fsp3) is 1.00. The Morgan fingerprint density at radius 1 is 0.917 bits per heavy atom. The van der Waals surface area contributed by atoms with Gasteiger partial charge < -0.3 is 5.11 Å². The van der Waals surface area contributed by atoms with Crippen LogP contribution in [0.3, 0.4) is 0 Å². The minimum Gasteiger partial charge on any atom is -0.396 e. The Balaban J connectivity index is 1.90. The molecule has 2 saturated carbocycles. The number of aliphatic hydroxyl groups is 1. The quantitative estimate of drug-likeness (QED) is 0.638. The lowest BCUT2D eigenvalue weighted by molar-refractivity contribution is 0.0925. The molecule has 12 heavy (non-hydrogen) atoms. The third-order valence-electron chi connectivity index (χ3n) is 3.91. The molecule has 2 fully saturated rings. The van der Waals surface area contributed by atoms with Crippen molar-refractivity contribution in [2.24, 2.45) is 17.8 Å². The highest BCUT2D eigenvalue weighted by Gasteiger charge is 2.31. The van der Waals surface area contributed by atoms with Gasteiger partial charge in [-0.1, -0.05) is 25.7 Å². The molecule has 0 aromatic heterocycles. The Morgan fingerprint density at radius 3 is 2.42 bits per heavy atom. The highest BCUT2D eigenvalue weighted by molar-refractivity contribution is 4.82. The Bertz CT molecular complexity index is 144. The zero-order valence-electron chi connectivity index (χ0n) is 7.84. The molecule has 3 atom stereocenters. The van der Waals surface area contributed by atoms with E-state index in [-0.39, 0.29) is 0 Å². The van der Waals surface area contributed by atoms with Crippen molar-refractivity contribution in [3.63, 3.8) is 0 Å². The van der Waals surface area contributed by atoms with Gasteiger partial charge in [0.25, 0.3) is 0 Å². The van der Waals surface area contributed by atoms with Crippen LogP contribution in [0.25, 0.3) is 0 Å². The van der Waals surface area contributed by atoms with Gasteiger partial charge in [0, 0.05) is 6.61 Å². The smallest absolute Gasteiger partial charge is 0.0459 e. The molecule has 0 aliphatic heterocycles. The number of hydrogen-bond acceptors (Lipinski definition) is 1. The summed E-state index contributed by atoms with van der Waals surface area (Å²) >= 11 is 0. The standard InChI is InChI=1S/C11H20O/c12-8-9-5-6-10-3-1-2-4-11(10)7-9/h9-12H,1-8H2/t9-,10-,11+/m1/s1. The predicted molar refractivity (Wildman–Crippen MR) is 49.9 cm³/mol. The second-order valence-electron chi connectivity index (χ2n) is 4.67. The molecule has 0 aromatic rings. The zero-order chi connectivity index (χ0) is 8.39. The molecule has 0 unspecified atom stereocenters. The Hall–Kier alpha value is -0.0400. The molecule has 70 valence electrons. The van der Waals surface area contributed by atoms with E-state index in [0.29, 0.717) is 12.5 Å². The molecule has 1 N–H and O–H groups in total. The van der Waals surface area contributed by atoms with Crippen LogP contribution in [0.2, 0.25) is 0 Å². The summed E-state index contributed by atoms with van der Waals surface area (Å²) in [5.41, 5.74) is 0. The topological polar surface area (TPSA) is 20.2 Å². The van der Waals surface area contributed by atoms with Crippen LogP contribution in [0.1, 0.15) is 44.9 Å². The number of hydrogen-bond donors (Lipinski definition) is 1. The highest BCUT2D eigenvalue weighted by Crippen LogP contribution is 2.42. The van der Waals surface area contributed by atoms with Crippen LogP contribution in [0.15, 0.2) is 0 Å². The normalized spacial score (nSPS) is 42.2. The van der Waals surface area contributed by atoms with Crippen LogP contribution in [0.5, 0.6) is 0 Å². The first-order chi connectivity index (χ1) is 5.90. The second kappa shape index (κ2) is 3.78. The van der Waals surface area contributed by atoms with Crippen molar-refractivity contribution in [2.75, 3.05) is 6.61 Å². The molecule has 0 spiro atoms. The first-order valence-electron chi connectivity index (χ1n) is 5.51. The molecule has 0 heterocycles. The third kappa shape index (κ3) is 1.66. The van der Waals surface area contributed by atoms with Crippen LogP contribution in [0.4, 0.5) is 0 Å². The monoisotopic (exact) mass is 168 g/mol. The van der Waals surface area contributed by atoms with Gasteiger partial charge >= 0.3 is 0 Å². The Kier molecular flexibility index (Phi) is 2.69. The zero-order valence-corrected chi connectivity index (χ0v) is 7.84. The van der Waals surface area contributed by atoms with E-state index in [1.54, 1.807) is 0 Å². The van der Waals surface area contributed by atoms with Gasteiger partial charge in [-0.15, -0.1) is 0 Å². The van der Waals surface area contributed by atoms with Gasteiger partial charge in [-0.05, 0) is 37.0 Å². The van der Waals surface area contributed by atoms with Crippen molar-refractivity contribution in [2.45, 2.75) is 44.9 Å². The summed E-state index contributed by atoms with van der Waals surface area (Å²) in [4.78, 5) is 0. The van der Waals surface area contributed by atoms with Crippen LogP contribution in [-0.4, -0.2) is 11.7 Å². The second-order valence-corrected chi connectivity index (χ2v) is 4.67. The number of aliphatic hydroxyl groups excluding tert-OH is 1. The van der Waals surface area contributed by atoms with Gasteiger partial charge in [-0.3, -0.25) is 0 Å². The van der Waals surface area contributed by atoms with E-state index in [0.717, 1.165) is 11.8 Å². The number of rotatable bonds is 1. The van der Waals surface area contributed by atoms with E-state index in [1.807, 2.05) is 0 Å². The van der Waals surface area contributed by atoms with E-state index < -0.39 is 0 Å².